The van der Waals surface area contributed by atoms with Gasteiger partial charge >= 0.3 is 0 Å². The molecule has 0 bridgehead atoms. The summed E-state index contributed by atoms with van der Waals surface area (Å²) in [5, 5.41) is 13.9. The summed E-state index contributed by atoms with van der Waals surface area (Å²) in [5.41, 5.74) is -0.518. The lowest BCUT2D eigenvalue weighted by molar-refractivity contribution is -0.153. The van der Waals surface area contributed by atoms with Crippen molar-refractivity contribution in [3.05, 3.63) is 29.8 Å². The van der Waals surface area contributed by atoms with Crippen LogP contribution in [0, 0.1) is 17.3 Å². The van der Waals surface area contributed by atoms with Gasteiger partial charge in [-0.15, -0.1) is 0 Å². The molecule has 1 heterocycles. The lowest BCUT2D eigenvalue weighted by atomic mass is 9.63. The maximum absolute atomic E-state index is 12.5. The molecule has 1 amide bonds. The molecule has 4 nitrogen and oxygen atoms in total. The molecule has 3 rings (SSSR count). The maximum Gasteiger partial charge on any atom is 0.261 e. The molecule has 3 atom stereocenters. The smallest absolute Gasteiger partial charge is 0.261 e. The molecule has 0 aromatic heterocycles. The second-order valence-electron chi connectivity index (χ2n) is 7.62. The summed E-state index contributed by atoms with van der Waals surface area (Å²) >= 11 is 0. The van der Waals surface area contributed by atoms with Crippen molar-refractivity contribution in [2.75, 3.05) is 5.32 Å². The fourth-order valence-electron chi connectivity index (χ4n) is 3.82. The third-order valence-electron chi connectivity index (χ3n) is 5.31. The van der Waals surface area contributed by atoms with Gasteiger partial charge in [0.15, 0.2) is 5.60 Å². The zero-order valence-corrected chi connectivity index (χ0v) is 13.3. The molecule has 2 N–H and O–H groups in total. The monoisotopic (exact) mass is 301 g/mol. The van der Waals surface area contributed by atoms with Crippen molar-refractivity contribution < 1.29 is 14.7 Å². The normalized spacial score (nSPS) is 31.8. The molecule has 2 aliphatic rings. The zero-order valence-electron chi connectivity index (χ0n) is 13.3. The third kappa shape index (κ3) is 2.17. The Morgan fingerprint density at radius 2 is 1.91 bits per heavy atom. The predicted octanol–water partition coefficient (Wildman–Crippen LogP) is 2.86. The van der Waals surface area contributed by atoms with Crippen molar-refractivity contribution in [1.29, 1.82) is 0 Å². The summed E-state index contributed by atoms with van der Waals surface area (Å²) < 4.78 is 0. The molecule has 118 valence electrons. The quantitative estimate of drug-likeness (QED) is 0.838. The second kappa shape index (κ2) is 4.92. The van der Waals surface area contributed by atoms with Crippen molar-refractivity contribution in [3.63, 3.8) is 0 Å². The van der Waals surface area contributed by atoms with Gasteiger partial charge in [0.2, 0.25) is 0 Å². The molecule has 0 saturated heterocycles. The van der Waals surface area contributed by atoms with Gasteiger partial charge in [-0.1, -0.05) is 39.0 Å². The van der Waals surface area contributed by atoms with Crippen LogP contribution in [-0.2, 0) is 15.2 Å². The zero-order chi connectivity index (χ0) is 16.1. The van der Waals surface area contributed by atoms with Gasteiger partial charge < -0.3 is 10.4 Å². The van der Waals surface area contributed by atoms with E-state index in [1.54, 1.807) is 18.2 Å². The molecular weight excluding hydrogens is 278 g/mol. The fourth-order valence-corrected chi connectivity index (χ4v) is 3.82. The Balaban J connectivity index is 2.01. The number of amides is 1. The highest BCUT2D eigenvalue weighted by Crippen LogP contribution is 2.49. The highest BCUT2D eigenvalue weighted by molar-refractivity contribution is 6.08. The van der Waals surface area contributed by atoms with Crippen molar-refractivity contribution >= 4 is 17.4 Å². The van der Waals surface area contributed by atoms with Gasteiger partial charge in [0.05, 0.1) is 5.92 Å². The van der Waals surface area contributed by atoms with Crippen molar-refractivity contribution in [3.8, 4) is 0 Å². The summed E-state index contributed by atoms with van der Waals surface area (Å²) in [6.45, 7) is 6.45. The number of hydrogen-bond donors (Lipinski definition) is 2. The van der Waals surface area contributed by atoms with E-state index in [1.165, 1.54) is 0 Å². The van der Waals surface area contributed by atoms with Gasteiger partial charge in [-0.25, -0.2) is 0 Å². The Kier molecular flexibility index (Phi) is 3.40. The van der Waals surface area contributed by atoms with Gasteiger partial charge in [-0.05, 0) is 30.2 Å². The van der Waals surface area contributed by atoms with E-state index in [0.717, 1.165) is 6.42 Å². The number of rotatable bonds is 1. The number of para-hydroxylation sites is 1. The summed E-state index contributed by atoms with van der Waals surface area (Å²) in [6.07, 6.45) is 1.82. The van der Waals surface area contributed by atoms with Crippen LogP contribution < -0.4 is 5.32 Å². The number of aliphatic hydroxyl groups is 1. The van der Waals surface area contributed by atoms with E-state index in [9.17, 15) is 14.7 Å². The third-order valence-corrected chi connectivity index (χ3v) is 5.31. The molecule has 1 saturated carbocycles. The summed E-state index contributed by atoms with van der Waals surface area (Å²) in [7, 11) is 0. The minimum atomic E-state index is -1.72. The van der Waals surface area contributed by atoms with E-state index in [4.69, 9.17) is 0 Å². The van der Waals surface area contributed by atoms with E-state index in [2.05, 4.69) is 26.1 Å². The largest absolute Gasteiger partial charge is 0.375 e. The summed E-state index contributed by atoms with van der Waals surface area (Å²) in [4.78, 5) is 24.9. The number of carbonyl (C=O) groups is 2. The summed E-state index contributed by atoms with van der Waals surface area (Å²) in [5.74, 6) is -0.814. The van der Waals surface area contributed by atoms with Crippen LogP contribution in [0.5, 0.6) is 0 Å². The summed E-state index contributed by atoms with van der Waals surface area (Å²) in [6, 6.07) is 7.10. The molecule has 1 aliphatic heterocycles. The number of carbonyl (C=O) groups excluding carboxylic acids is 2. The molecule has 1 fully saturated rings. The van der Waals surface area contributed by atoms with Crippen molar-refractivity contribution in [2.24, 2.45) is 17.3 Å². The number of ketones is 1. The van der Waals surface area contributed by atoms with Crippen LogP contribution in [0.15, 0.2) is 24.3 Å². The fraction of sp³-hybridized carbons (Fsp3) is 0.556. The molecular formula is C18H23NO3. The number of hydrogen-bond acceptors (Lipinski definition) is 3. The first-order valence-electron chi connectivity index (χ1n) is 7.90. The molecule has 0 spiro atoms. The van der Waals surface area contributed by atoms with Crippen molar-refractivity contribution in [2.45, 2.75) is 45.6 Å². The minimum absolute atomic E-state index is 0.00477. The molecule has 1 aromatic carbocycles. The van der Waals surface area contributed by atoms with Gasteiger partial charge in [-0.2, -0.15) is 0 Å². The highest BCUT2D eigenvalue weighted by atomic mass is 16.3. The highest BCUT2D eigenvalue weighted by Gasteiger charge is 2.55. The Morgan fingerprint density at radius 1 is 1.23 bits per heavy atom. The molecule has 4 heteroatoms. The standard InChI is InChI=1S/C18H23NO3/c1-17(2,3)11-8-9-15(20)13(10-11)18(22)12-6-4-5-7-14(12)19-16(18)21/h4-7,11,13,22H,8-10H2,1-3H3,(H,19,21)/t11-,13+,18-/m1/s1. The maximum atomic E-state index is 12.5. The van der Waals surface area contributed by atoms with Crippen LogP contribution in [-0.4, -0.2) is 16.8 Å². The van der Waals surface area contributed by atoms with Crippen LogP contribution in [0.3, 0.4) is 0 Å². The number of benzene rings is 1. The second-order valence-corrected chi connectivity index (χ2v) is 7.62. The Morgan fingerprint density at radius 3 is 2.59 bits per heavy atom. The lowest BCUT2D eigenvalue weighted by Crippen LogP contribution is -2.49. The Labute approximate surface area is 130 Å². The minimum Gasteiger partial charge on any atom is -0.375 e. The Hall–Kier alpha value is -1.68. The van der Waals surface area contributed by atoms with Gasteiger partial charge in [0.25, 0.3) is 5.91 Å². The number of anilines is 1. The van der Waals surface area contributed by atoms with E-state index < -0.39 is 17.4 Å². The van der Waals surface area contributed by atoms with E-state index in [0.29, 0.717) is 30.0 Å². The van der Waals surface area contributed by atoms with E-state index in [-0.39, 0.29) is 11.2 Å². The average molecular weight is 301 g/mol. The molecule has 1 aliphatic carbocycles. The predicted molar refractivity (Wildman–Crippen MR) is 84.3 cm³/mol. The van der Waals surface area contributed by atoms with Gasteiger partial charge in [0, 0.05) is 17.7 Å². The van der Waals surface area contributed by atoms with Crippen molar-refractivity contribution in [1.82, 2.24) is 0 Å². The average Bonchev–Trinajstić information content (AvgIpc) is 2.71. The number of Topliss-reactive ketones (excluding diaryl/α,β-unsaturated/α-hetero) is 1. The van der Waals surface area contributed by atoms with Crippen LogP contribution >= 0.6 is 0 Å². The molecule has 0 unspecified atom stereocenters. The molecule has 0 radical (unpaired) electrons. The van der Waals surface area contributed by atoms with E-state index >= 15 is 0 Å². The first-order chi connectivity index (χ1) is 10.2. The van der Waals surface area contributed by atoms with Crippen LogP contribution in [0.1, 0.15) is 45.6 Å². The number of nitrogens with one attached hydrogen (secondary N) is 1. The van der Waals surface area contributed by atoms with Crippen LogP contribution in [0.25, 0.3) is 0 Å². The van der Waals surface area contributed by atoms with Crippen LogP contribution in [0.4, 0.5) is 5.69 Å². The molecule has 22 heavy (non-hydrogen) atoms. The van der Waals surface area contributed by atoms with E-state index in [1.807, 2.05) is 6.07 Å². The van der Waals surface area contributed by atoms with Gasteiger partial charge in [-0.3, -0.25) is 9.59 Å². The lowest BCUT2D eigenvalue weighted by Gasteiger charge is -2.41. The Bertz CT molecular complexity index is 631. The van der Waals surface area contributed by atoms with Crippen LogP contribution in [0.2, 0.25) is 0 Å². The molecule has 1 aromatic rings. The first kappa shape index (κ1) is 15.2. The van der Waals surface area contributed by atoms with Gasteiger partial charge in [0.1, 0.15) is 5.78 Å². The number of fused-ring (bicyclic) bond motifs is 1. The first-order valence-corrected chi connectivity index (χ1v) is 7.90. The SMILES string of the molecule is CC(C)(C)[C@@H]1CCC(=O)[C@@H]([C@@]2(O)C(=O)Nc3ccccc32)C1. The topological polar surface area (TPSA) is 66.4 Å².